The van der Waals surface area contributed by atoms with Gasteiger partial charge < -0.3 is 10.6 Å². The van der Waals surface area contributed by atoms with E-state index in [1.807, 2.05) is 12.1 Å². The first-order valence-electron chi connectivity index (χ1n) is 5.53. The van der Waals surface area contributed by atoms with Crippen LogP contribution in [0.2, 0.25) is 0 Å². The van der Waals surface area contributed by atoms with Crippen molar-refractivity contribution in [2.75, 3.05) is 18.9 Å². The fraction of sp³-hybridized carbons (Fsp3) is 0.333. The lowest BCUT2D eigenvalue weighted by atomic mass is 10.3. The number of nitrogens with one attached hydrogen (secondary N) is 3. The van der Waals surface area contributed by atoms with Crippen LogP contribution in [0.1, 0.15) is 6.92 Å². The lowest BCUT2D eigenvalue weighted by Crippen LogP contribution is -2.43. The van der Waals surface area contributed by atoms with Crippen molar-refractivity contribution in [2.24, 2.45) is 0 Å². The number of carbonyl (C=O) groups is 2. The minimum Gasteiger partial charge on any atom is -0.358 e. The van der Waals surface area contributed by atoms with Crippen molar-refractivity contribution in [3.05, 3.63) is 28.7 Å². The SMILES string of the molecule is CNC(=O)C(C)NCC(=O)Nc1cccc(Br)c1. The lowest BCUT2D eigenvalue weighted by Gasteiger charge is -2.12. The molecule has 0 spiro atoms. The van der Waals surface area contributed by atoms with E-state index in [9.17, 15) is 9.59 Å². The molecule has 2 amide bonds. The topological polar surface area (TPSA) is 70.2 Å². The highest BCUT2D eigenvalue weighted by Gasteiger charge is 2.11. The summed E-state index contributed by atoms with van der Waals surface area (Å²) >= 11 is 3.32. The molecule has 0 saturated carbocycles. The highest BCUT2D eigenvalue weighted by molar-refractivity contribution is 9.10. The molecule has 0 radical (unpaired) electrons. The molecule has 3 N–H and O–H groups in total. The molecule has 5 nitrogen and oxygen atoms in total. The molecule has 1 rings (SSSR count). The summed E-state index contributed by atoms with van der Waals surface area (Å²) in [6.45, 7) is 1.78. The zero-order valence-corrected chi connectivity index (χ0v) is 11.9. The maximum atomic E-state index is 11.6. The number of hydrogen-bond donors (Lipinski definition) is 3. The van der Waals surface area contributed by atoms with Gasteiger partial charge >= 0.3 is 0 Å². The van der Waals surface area contributed by atoms with Gasteiger partial charge in [-0.05, 0) is 25.1 Å². The number of benzene rings is 1. The predicted octanol–water partition coefficient (Wildman–Crippen LogP) is 1.11. The standard InChI is InChI=1S/C12H16BrN3O2/c1-8(12(18)14-2)15-7-11(17)16-10-5-3-4-9(13)6-10/h3-6,8,15H,7H2,1-2H3,(H,14,18)(H,16,17). The first-order chi connectivity index (χ1) is 8.52. The van der Waals surface area contributed by atoms with Gasteiger partial charge in [0.05, 0.1) is 12.6 Å². The smallest absolute Gasteiger partial charge is 0.238 e. The normalized spacial score (nSPS) is 11.7. The Kier molecular flexibility index (Phi) is 5.80. The van der Waals surface area contributed by atoms with Crippen LogP contribution >= 0.6 is 15.9 Å². The molecule has 0 aromatic heterocycles. The van der Waals surface area contributed by atoms with E-state index < -0.39 is 6.04 Å². The summed E-state index contributed by atoms with van der Waals surface area (Å²) in [5, 5.41) is 8.07. The molecule has 0 aliphatic rings. The fourth-order valence-electron chi connectivity index (χ4n) is 1.33. The van der Waals surface area contributed by atoms with Crippen molar-refractivity contribution in [3.63, 3.8) is 0 Å². The summed E-state index contributed by atoms with van der Waals surface area (Å²) in [4.78, 5) is 22.8. The Balaban J connectivity index is 2.41. The molecule has 1 unspecified atom stereocenters. The van der Waals surface area contributed by atoms with Crippen LogP contribution in [0.3, 0.4) is 0 Å². The van der Waals surface area contributed by atoms with Gasteiger partial charge in [0.25, 0.3) is 0 Å². The van der Waals surface area contributed by atoms with Crippen molar-refractivity contribution < 1.29 is 9.59 Å². The molecular formula is C12H16BrN3O2. The Morgan fingerprint density at radius 2 is 2.11 bits per heavy atom. The van der Waals surface area contributed by atoms with Crippen LogP contribution in [0.15, 0.2) is 28.7 Å². The first kappa shape index (κ1) is 14.7. The van der Waals surface area contributed by atoms with Gasteiger partial charge in [-0.3, -0.25) is 14.9 Å². The van der Waals surface area contributed by atoms with Crippen LogP contribution in [0.4, 0.5) is 5.69 Å². The van der Waals surface area contributed by atoms with E-state index in [4.69, 9.17) is 0 Å². The molecular weight excluding hydrogens is 298 g/mol. The molecule has 0 aliphatic heterocycles. The van der Waals surface area contributed by atoms with Crippen LogP contribution in [0.5, 0.6) is 0 Å². The van der Waals surface area contributed by atoms with Gasteiger partial charge in [-0.25, -0.2) is 0 Å². The van der Waals surface area contributed by atoms with E-state index >= 15 is 0 Å². The number of likely N-dealkylation sites (N-methyl/N-ethyl adjacent to an activating group) is 1. The van der Waals surface area contributed by atoms with Gasteiger partial charge in [-0.1, -0.05) is 22.0 Å². The molecule has 0 heterocycles. The highest BCUT2D eigenvalue weighted by atomic mass is 79.9. The average Bonchev–Trinajstić information content (AvgIpc) is 2.35. The van der Waals surface area contributed by atoms with E-state index in [0.717, 1.165) is 4.47 Å². The summed E-state index contributed by atoms with van der Waals surface area (Å²) in [6.07, 6.45) is 0. The summed E-state index contributed by atoms with van der Waals surface area (Å²) in [6, 6.07) is 6.91. The summed E-state index contributed by atoms with van der Waals surface area (Å²) in [5.74, 6) is -0.339. The van der Waals surface area contributed by atoms with Crippen molar-refractivity contribution in [1.29, 1.82) is 0 Å². The summed E-state index contributed by atoms with van der Waals surface area (Å²) in [7, 11) is 1.56. The largest absolute Gasteiger partial charge is 0.358 e. The molecule has 1 aromatic rings. The van der Waals surface area contributed by atoms with E-state index in [2.05, 4.69) is 31.9 Å². The number of hydrogen-bond acceptors (Lipinski definition) is 3. The van der Waals surface area contributed by atoms with Crippen LogP contribution in [0.25, 0.3) is 0 Å². The van der Waals surface area contributed by atoms with Gasteiger partial charge in [0.15, 0.2) is 0 Å². The van der Waals surface area contributed by atoms with Gasteiger partial charge in [0.2, 0.25) is 11.8 Å². The molecule has 18 heavy (non-hydrogen) atoms. The maximum absolute atomic E-state index is 11.6. The number of amides is 2. The third-order valence-electron chi connectivity index (χ3n) is 2.32. The van der Waals surface area contributed by atoms with Crippen molar-refractivity contribution >= 4 is 33.4 Å². The van der Waals surface area contributed by atoms with Crippen LogP contribution in [-0.4, -0.2) is 31.4 Å². The highest BCUT2D eigenvalue weighted by Crippen LogP contribution is 2.15. The average molecular weight is 314 g/mol. The molecule has 0 fully saturated rings. The fourth-order valence-corrected chi connectivity index (χ4v) is 1.73. The molecule has 0 bridgehead atoms. The zero-order valence-electron chi connectivity index (χ0n) is 10.3. The van der Waals surface area contributed by atoms with Crippen molar-refractivity contribution in [1.82, 2.24) is 10.6 Å². The van der Waals surface area contributed by atoms with E-state index in [0.29, 0.717) is 5.69 Å². The Morgan fingerprint density at radius 3 is 2.72 bits per heavy atom. The second-order valence-corrected chi connectivity index (χ2v) is 4.69. The third kappa shape index (κ3) is 4.85. The molecule has 0 aliphatic carbocycles. The Morgan fingerprint density at radius 1 is 1.39 bits per heavy atom. The van der Waals surface area contributed by atoms with E-state index in [1.54, 1.807) is 26.1 Å². The second-order valence-electron chi connectivity index (χ2n) is 3.78. The maximum Gasteiger partial charge on any atom is 0.238 e. The monoisotopic (exact) mass is 313 g/mol. The van der Waals surface area contributed by atoms with Gasteiger partial charge in [-0.2, -0.15) is 0 Å². The van der Waals surface area contributed by atoms with Crippen LogP contribution in [0, 0.1) is 0 Å². The number of rotatable bonds is 5. The molecule has 1 aromatic carbocycles. The number of anilines is 1. The Hall–Kier alpha value is -1.40. The zero-order chi connectivity index (χ0) is 13.5. The number of carbonyl (C=O) groups excluding carboxylic acids is 2. The summed E-state index contributed by atoms with van der Waals surface area (Å²) < 4.78 is 0.895. The minimum atomic E-state index is -0.400. The third-order valence-corrected chi connectivity index (χ3v) is 2.81. The van der Waals surface area contributed by atoms with Crippen molar-refractivity contribution in [2.45, 2.75) is 13.0 Å². The number of halogens is 1. The molecule has 0 saturated heterocycles. The lowest BCUT2D eigenvalue weighted by molar-refractivity contribution is -0.122. The van der Waals surface area contributed by atoms with E-state index in [1.165, 1.54) is 0 Å². The summed E-state index contributed by atoms with van der Waals surface area (Å²) in [5.41, 5.74) is 0.712. The second kappa shape index (κ2) is 7.13. The Bertz CT molecular complexity index is 437. The molecule has 6 heteroatoms. The van der Waals surface area contributed by atoms with Crippen LogP contribution < -0.4 is 16.0 Å². The minimum absolute atomic E-state index is 0.0844. The van der Waals surface area contributed by atoms with Crippen LogP contribution in [-0.2, 0) is 9.59 Å². The van der Waals surface area contributed by atoms with E-state index in [-0.39, 0.29) is 18.4 Å². The Labute approximate surface area is 114 Å². The quantitative estimate of drug-likeness (QED) is 0.762. The first-order valence-corrected chi connectivity index (χ1v) is 6.32. The van der Waals surface area contributed by atoms with Gasteiger partial charge in [0, 0.05) is 17.2 Å². The van der Waals surface area contributed by atoms with Gasteiger partial charge in [-0.15, -0.1) is 0 Å². The predicted molar refractivity (Wildman–Crippen MR) is 74.3 cm³/mol. The molecule has 1 atom stereocenters. The molecule has 98 valence electrons. The van der Waals surface area contributed by atoms with Crippen molar-refractivity contribution in [3.8, 4) is 0 Å². The van der Waals surface area contributed by atoms with Gasteiger partial charge in [0.1, 0.15) is 0 Å².